The van der Waals surface area contributed by atoms with Gasteiger partial charge in [-0.05, 0) is 111 Å². The van der Waals surface area contributed by atoms with Gasteiger partial charge in [-0.25, -0.2) is 14.2 Å². The number of carbonyl (C=O) groups is 4. The van der Waals surface area contributed by atoms with Crippen LogP contribution in [0.15, 0.2) is 120 Å². The van der Waals surface area contributed by atoms with Crippen molar-refractivity contribution >= 4 is 64.3 Å². The van der Waals surface area contributed by atoms with Crippen LogP contribution >= 0.6 is 23.2 Å². The number of amides is 5. The normalized spacial score (nSPS) is 19.3. The number of fused-ring (bicyclic) bond motifs is 6. The summed E-state index contributed by atoms with van der Waals surface area (Å²) in [7, 11) is 3.21. The van der Waals surface area contributed by atoms with Crippen LogP contribution in [0, 0.1) is 11.3 Å². The van der Waals surface area contributed by atoms with E-state index in [1.807, 2.05) is 73.3 Å². The summed E-state index contributed by atoms with van der Waals surface area (Å²) in [4.78, 5) is 73.9. The Morgan fingerprint density at radius 2 is 1.64 bits per heavy atom. The van der Waals surface area contributed by atoms with Crippen LogP contribution in [0.3, 0.4) is 0 Å². The lowest BCUT2D eigenvalue weighted by Gasteiger charge is -2.38. The number of unbranched alkanes of at least 4 members (excludes halogenated alkanes) is 5. The average molecular weight is 1200 g/mol. The second-order valence-corrected chi connectivity index (χ2v) is 23.0. The maximum Gasteiger partial charge on any atom is 0.326 e. The highest BCUT2D eigenvalue weighted by molar-refractivity contribution is 6.30. The Kier molecular flexibility index (Phi) is 20.3. The van der Waals surface area contributed by atoms with Crippen LogP contribution in [0.5, 0.6) is 11.5 Å². The number of nitriles is 1. The summed E-state index contributed by atoms with van der Waals surface area (Å²) in [5.41, 5.74) is 11.8. The lowest BCUT2D eigenvalue weighted by molar-refractivity contribution is -0.135. The molecule has 21 heteroatoms. The second kappa shape index (κ2) is 28.1. The van der Waals surface area contributed by atoms with E-state index in [0.29, 0.717) is 100 Å². The molecule has 2 saturated heterocycles. The van der Waals surface area contributed by atoms with E-state index in [0.717, 1.165) is 56.1 Å². The standard InChI is InChI=1S/C64H73Cl2FN12O6/c1-41(2)85-55-36-49(84-5)26-27-50(55)63-72-60(43-18-22-46(65)23-19-43)61(44-20-24-47(66)25-21-44)79(63)64(83)76-33-32-75(58(82)40-76)29-11-9-7-6-8-10-16-56(80)70-28-31-78-54(37-68)59-45-35-53(62(69)71-38-45)77-30-13-15-52(77)42(3)34-48(67)14-12-17-57(81)74(4)39-51(59)73-78/h12,14,18-27,34-36,38,41,52,60-61H,3,6-11,13,15-17,28-33,39-40H2,1-2,4-5H3,(H2,69,71)(H,70,80)/b14-12-,48-34+/t52-,60+,61-/m1/s1. The summed E-state index contributed by atoms with van der Waals surface area (Å²) in [6, 6.07) is 22.7. The molecule has 6 heterocycles. The van der Waals surface area contributed by atoms with E-state index in [-0.39, 0.29) is 80.0 Å². The SMILES string of the molecule is C=C1/C=C(F)\C=C/CC(=O)N(C)Cc2nn(CCNC(=O)CCCCCCCCN3CCN(C(=O)N4C(c5ccc(OC)cc5OC(C)C)=N[C@@H](c5ccc(Cl)cc5)[C@H]4c4ccc(Cl)cc4)CC3=O)c(C#N)c2-c2cnc(N)c(c2)N2CCC[C@H]12. The minimum Gasteiger partial charge on any atom is -0.497 e. The Labute approximate surface area is 506 Å². The molecule has 5 amide bonds. The molecule has 2 aromatic heterocycles. The number of carbonyl (C=O) groups excluding carboxylic acids is 4. The Hall–Kier alpha value is -8.21. The molecule has 0 saturated carbocycles. The number of nitrogens with one attached hydrogen (secondary N) is 1. The van der Waals surface area contributed by atoms with Gasteiger partial charge in [0.15, 0.2) is 0 Å². The first-order valence-corrected chi connectivity index (χ1v) is 29.8. The molecule has 4 aliphatic rings. The number of anilines is 2. The molecule has 18 nitrogen and oxygen atoms in total. The van der Waals surface area contributed by atoms with Crippen LogP contribution in [0.25, 0.3) is 11.1 Å². The number of nitrogen functional groups attached to an aromatic ring is 1. The molecule has 0 radical (unpaired) electrons. The number of benzene rings is 3. The van der Waals surface area contributed by atoms with Crippen molar-refractivity contribution in [2.45, 2.75) is 115 Å². The van der Waals surface area contributed by atoms with Crippen molar-refractivity contribution in [1.29, 1.82) is 5.26 Å². The molecular formula is C64H73Cl2FN12O6. The van der Waals surface area contributed by atoms with Gasteiger partial charge in [-0.2, -0.15) is 10.4 Å². The minimum absolute atomic E-state index is 0.0442. The third-order valence-electron chi connectivity index (χ3n) is 15.8. The molecule has 446 valence electrons. The monoisotopic (exact) mass is 1190 g/mol. The van der Waals surface area contributed by atoms with Gasteiger partial charge in [-0.1, -0.05) is 85.8 Å². The molecule has 3 N–H and O–H groups in total. The molecule has 0 unspecified atom stereocenters. The predicted octanol–water partition coefficient (Wildman–Crippen LogP) is 11.2. The number of nitrogens with two attached hydrogens (primary N) is 1. The number of aliphatic imine (C=N–C) groups is 1. The van der Waals surface area contributed by atoms with Gasteiger partial charge in [0.25, 0.3) is 0 Å². The average Bonchev–Trinajstić information content (AvgIpc) is 3.09. The second-order valence-electron chi connectivity index (χ2n) is 22.1. The van der Waals surface area contributed by atoms with Gasteiger partial charge in [0.1, 0.15) is 53.3 Å². The van der Waals surface area contributed by atoms with Gasteiger partial charge in [-0.15, -0.1) is 0 Å². The summed E-state index contributed by atoms with van der Waals surface area (Å²) in [5.74, 6) is 0.754. The lowest BCUT2D eigenvalue weighted by Crippen LogP contribution is -2.56. The molecule has 9 rings (SSSR count). The van der Waals surface area contributed by atoms with Crippen LogP contribution in [-0.2, 0) is 27.5 Å². The van der Waals surface area contributed by atoms with E-state index in [1.165, 1.54) is 23.1 Å². The first-order chi connectivity index (χ1) is 41.0. The lowest BCUT2D eigenvalue weighted by atomic mass is 9.93. The number of allylic oxidation sites excluding steroid dienone is 2. The van der Waals surface area contributed by atoms with Crippen molar-refractivity contribution in [3.63, 3.8) is 0 Å². The van der Waals surface area contributed by atoms with Crippen LogP contribution < -0.4 is 25.4 Å². The maximum absolute atomic E-state index is 15.2. The zero-order valence-corrected chi connectivity index (χ0v) is 50.1. The highest BCUT2D eigenvalue weighted by Gasteiger charge is 2.46. The number of ether oxygens (including phenoxy) is 2. The number of urea groups is 1. The van der Waals surface area contributed by atoms with Gasteiger partial charge < -0.3 is 40.1 Å². The Balaban J connectivity index is 0.766. The Bertz CT molecular complexity index is 3410. The number of amidine groups is 1. The summed E-state index contributed by atoms with van der Waals surface area (Å²) < 4.78 is 28.4. The van der Waals surface area contributed by atoms with Crippen molar-refractivity contribution in [3.05, 3.63) is 153 Å². The highest BCUT2D eigenvalue weighted by Crippen LogP contribution is 2.46. The quantitative estimate of drug-likeness (QED) is 0.0789. The maximum atomic E-state index is 15.2. The largest absolute Gasteiger partial charge is 0.497 e. The van der Waals surface area contributed by atoms with Gasteiger partial charge >= 0.3 is 6.03 Å². The van der Waals surface area contributed by atoms with E-state index < -0.39 is 17.9 Å². The number of rotatable bonds is 18. The fourth-order valence-electron chi connectivity index (χ4n) is 11.5. The number of aromatic nitrogens is 3. The third-order valence-corrected chi connectivity index (χ3v) is 16.3. The highest BCUT2D eigenvalue weighted by atomic mass is 35.5. The molecule has 3 atom stereocenters. The van der Waals surface area contributed by atoms with Crippen molar-refractivity contribution < 1.29 is 33.0 Å². The number of piperazine rings is 1. The van der Waals surface area contributed by atoms with Gasteiger partial charge in [-0.3, -0.25) is 29.0 Å². The predicted molar refractivity (Wildman–Crippen MR) is 328 cm³/mol. The van der Waals surface area contributed by atoms with Gasteiger partial charge in [0, 0.05) is 86.0 Å². The summed E-state index contributed by atoms with van der Waals surface area (Å²) >= 11 is 12.8. The van der Waals surface area contributed by atoms with Crippen molar-refractivity contribution in [2.75, 3.05) is 64.1 Å². The smallest absolute Gasteiger partial charge is 0.326 e. The number of nitrogens with zero attached hydrogens (tertiary/aromatic N) is 10. The van der Waals surface area contributed by atoms with Gasteiger partial charge in [0.2, 0.25) is 17.7 Å². The first kappa shape index (κ1) is 61.4. The van der Waals surface area contributed by atoms with Crippen molar-refractivity contribution in [3.8, 4) is 28.7 Å². The Morgan fingerprint density at radius 3 is 2.34 bits per heavy atom. The van der Waals surface area contributed by atoms with E-state index >= 15 is 4.79 Å². The topological polar surface area (TPSA) is 208 Å². The van der Waals surface area contributed by atoms with Crippen LogP contribution in [0.4, 0.5) is 20.7 Å². The van der Waals surface area contributed by atoms with Crippen molar-refractivity contribution in [1.82, 2.24) is 39.7 Å². The van der Waals surface area contributed by atoms with E-state index in [4.69, 9.17) is 48.5 Å². The summed E-state index contributed by atoms with van der Waals surface area (Å²) in [5, 5.41) is 19.5. The van der Waals surface area contributed by atoms with E-state index in [2.05, 4.69) is 27.8 Å². The Morgan fingerprint density at radius 1 is 0.918 bits per heavy atom. The van der Waals surface area contributed by atoms with E-state index in [9.17, 15) is 24.0 Å². The van der Waals surface area contributed by atoms with Crippen LogP contribution in [0.2, 0.25) is 10.0 Å². The fourth-order valence-corrected chi connectivity index (χ4v) is 11.8. The van der Waals surface area contributed by atoms with E-state index in [1.54, 1.807) is 53.0 Å². The number of hydrogen-bond acceptors (Lipinski definition) is 12. The zero-order valence-electron chi connectivity index (χ0n) is 48.6. The molecule has 2 fully saturated rings. The minimum atomic E-state index is -0.610. The molecular weight excluding hydrogens is 1120 g/mol. The molecule has 85 heavy (non-hydrogen) atoms. The third kappa shape index (κ3) is 14.7. The molecule has 0 aliphatic carbocycles. The number of pyridine rings is 1. The molecule has 2 bridgehead atoms. The van der Waals surface area contributed by atoms with Gasteiger partial charge in [0.05, 0.1) is 55.3 Å². The van der Waals surface area contributed by atoms with Crippen LogP contribution in [-0.4, -0.2) is 130 Å². The molecule has 5 aromatic rings. The fraction of sp³-hybridized carbons (Fsp3) is 0.406. The van der Waals surface area contributed by atoms with Crippen molar-refractivity contribution in [2.24, 2.45) is 4.99 Å². The molecule has 0 spiro atoms. The summed E-state index contributed by atoms with van der Waals surface area (Å²) in [6.07, 6.45) is 12.5. The number of halogens is 3. The molecule has 4 aliphatic heterocycles. The first-order valence-electron chi connectivity index (χ1n) is 29.1. The summed E-state index contributed by atoms with van der Waals surface area (Å²) in [6.45, 7) is 10.3. The van der Waals surface area contributed by atoms with Crippen LogP contribution in [0.1, 0.15) is 118 Å². The zero-order chi connectivity index (χ0) is 60.3. The number of methoxy groups -OCH3 is 1. The molecule has 3 aromatic carbocycles. The number of hydrogen-bond donors (Lipinski definition) is 2.